The SMILES string of the molecule is CCCCCCCCCCCCCCOc1ccc(/C=C/c2ccc(C(=O)Oc3cccc(OC(=O)c4ccc(/C=C/c5ccc(OCCCCCCCCCCCCCC)c([N+](=O)[O-])c5)cc4)c3C)cc2)cc1Cl. The van der Waals surface area contributed by atoms with Crippen LogP contribution in [0.4, 0.5) is 5.69 Å². The van der Waals surface area contributed by atoms with E-state index in [-0.39, 0.29) is 22.9 Å². The number of hydrogen-bond acceptors (Lipinski definition) is 8. The standard InChI is InChI=1S/C65H82ClNO8/c1-4-6-8-10-12-14-16-18-20-22-24-26-47-72-62-45-39-54(49-58(62)66)33-31-52-35-41-56(42-36-52)64(68)74-60-29-28-30-61(51(60)3)75-65(69)57-43-37-53(38-44-57)32-34-55-40-46-63(59(50-55)67(70)71)73-48-27-25-23-21-19-17-15-13-11-9-7-5-2/h28-46,49-50H,4-27,47-48H2,1-3H3/b33-31+,34-32+. The molecule has 402 valence electrons. The first-order valence-electron chi connectivity index (χ1n) is 28.1. The Morgan fingerprint density at radius 1 is 0.453 bits per heavy atom. The van der Waals surface area contributed by atoms with Gasteiger partial charge >= 0.3 is 17.6 Å². The van der Waals surface area contributed by atoms with E-state index in [0.717, 1.165) is 42.4 Å². The van der Waals surface area contributed by atoms with Crippen LogP contribution in [0.3, 0.4) is 0 Å². The minimum Gasteiger partial charge on any atom is -0.492 e. The number of halogens is 1. The molecule has 0 spiro atoms. The van der Waals surface area contributed by atoms with Gasteiger partial charge in [-0.25, -0.2) is 9.59 Å². The maximum Gasteiger partial charge on any atom is 0.343 e. The van der Waals surface area contributed by atoms with Crippen molar-refractivity contribution in [2.45, 2.75) is 175 Å². The molecule has 0 atom stereocenters. The summed E-state index contributed by atoms with van der Waals surface area (Å²) in [6.07, 6.45) is 38.0. The summed E-state index contributed by atoms with van der Waals surface area (Å²) in [7, 11) is 0. The van der Waals surface area contributed by atoms with Gasteiger partial charge in [-0.3, -0.25) is 10.1 Å². The van der Waals surface area contributed by atoms with E-state index in [1.807, 2.05) is 48.6 Å². The van der Waals surface area contributed by atoms with Crippen LogP contribution in [0.1, 0.15) is 216 Å². The van der Waals surface area contributed by atoms with Crippen LogP contribution in [0, 0.1) is 17.0 Å². The predicted octanol–water partition coefficient (Wildman–Crippen LogP) is 19.5. The third kappa shape index (κ3) is 22.7. The van der Waals surface area contributed by atoms with Crippen molar-refractivity contribution < 1.29 is 33.5 Å². The van der Waals surface area contributed by atoms with Gasteiger partial charge in [-0.1, -0.05) is 233 Å². The number of nitro benzene ring substituents is 1. The molecule has 5 aromatic carbocycles. The van der Waals surface area contributed by atoms with Crippen molar-refractivity contribution in [2.75, 3.05) is 13.2 Å². The summed E-state index contributed by atoms with van der Waals surface area (Å²) in [6, 6.07) is 29.6. The summed E-state index contributed by atoms with van der Waals surface area (Å²) in [4.78, 5) is 38.0. The number of nitrogens with zero attached hydrogens (tertiary/aromatic N) is 1. The summed E-state index contributed by atoms with van der Waals surface area (Å²) in [5.74, 6) is 0.371. The number of ether oxygens (including phenoxy) is 4. The van der Waals surface area contributed by atoms with Crippen LogP contribution in [0.15, 0.2) is 103 Å². The second-order valence-corrected chi connectivity index (χ2v) is 20.1. The zero-order chi connectivity index (χ0) is 53.3. The Morgan fingerprint density at radius 2 is 0.800 bits per heavy atom. The minimum absolute atomic E-state index is 0.0730. The van der Waals surface area contributed by atoms with Crippen LogP contribution in [0.2, 0.25) is 5.02 Å². The van der Waals surface area contributed by atoms with Gasteiger partial charge in [0, 0.05) is 11.6 Å². The van der Waals surface area contributed by atoms with E-state index >= 15 is 0 Å². The molecule has 75 heavy (non-hydrogen) atoms. The largest absolute Gasteiger partial charge is 0.492 e. The molecule has 0 aromatic heterocycles. The molecule has 0 heterocycles. The van der Waals surface area contributed by atoms with Gasteiger partial charge in [0.25, 0.3) is 0 Å². The van der Waals surface area contributed by atoms with E-state index in [1.165, 1.54) is 134 Å². The summed E-state index contributed by atoms with van der Waals surface area (Å²) >= 11 is 6.58. The molecular weight excluding hydrogens is 958 g/mol. The lowest BCUT2D eigenvalue weighted by Crippen LogP contribution is -2.12. The van der Waals surface area contributed by atoms with Crippen molar-refractivity contribution in [3.05, 3.63) is 157 Å². The highest BCUT2D eigenvalue weighted by atomic mass is 35.5. The first-order valence-corrected chi connectivity index (χ1v) is 28.5. The van der Waals surface area contributed by atoms with Crippen molar-refractivity contribution in [3.8, 4) is 23.0 Å². The number of carbonyl (C=O) groups excluding carboxylic acids is 2. The van der Waals surface area contributed by atoms with Crippen LogP contribution < -0.4 is 18.9 Å². The van der Waals surface area contributed by atoms with Gasteiger partial charge < -0.3 is 18.9 Å². The van der Waals surface area contributed by atoms with Gasteiger partial charge in [0.15, 0.2) is 5.75 Å². The molecule has 0 aliphatic carbocycles. The van der Waals surface area contributed by atoms with Crippen LogP contribution in [0.5, 0.6) is 23.0 Å². The number of carbonyl (C=O) groups is 2. The molecule has 0 amide bonds. The van der Waals surface area contributed by atoms with Gasteiger partial charge in [-0.05, 0) is 96.6 Å². The number of esters is 2. The molecule has 9 nitrogen and oxygen atoms in total. The molecule has 0 aliphatic rings. The Kier molecular flexibility index (Phi) is 28.0. The predicted molar refractivity (Wildman–Crippen MR) is 310 cm³/mol. The average molecular weight is 1040 g/mol. The molecule has 5 aromatic rings. The van der Waals surface area contributed by atoms with Gasteiger partial charge in [-0.15, -0.1) is 0 Å². The van der Waals surface area contributed by atoms with Crippen LogP contribution in [-0.4, -0.2) is 30.1 Å². The summed E-state index contributed by atoms with van der Waals surface area (Å²) < 4.78 is 23.3. The molecule has 0 unspecified atom stereocenters. The fraction of sp³-hybridized carbons (Fsp3) is 0.446. The molecular formula is C65H82ClNO8. The van der Waals surface area contributed by atoms with Gasteiger partial charge in [-0.2, -0.15) is 0 Å². The second-order valence-electron chi connectivity index (χ2n) is 19.7. The van der Waals surface area contributed by atoms with E-state index in [9.17, 15) is 19.7 Å². The molecule has 0 aliphatic heterocycles. The fourth-order valence-corrected chi connectivity index (χ4v) is 9.11. The van der Waals surface area contributed by atoms with Crippen molar-refractivity contribution in [3.63, 3.8) is 0 Å². The maximum absolute atomic E-state index is 13.2. The van der Waals surface area contributed by atoms with E-state index in [2.05, 4.69) is 13.8 Å². The van der Waals surface area contributed by atoms with Crippen molar-refractivity contribution in [1.82, 2.24) is 0 Å². The highest BCUT2D eigenvalue weighted by molar-refractivity contribution is 6.32. The normalized spacial score (nSPS) is 11.4. The zero-order valence-corrected chi connectivity index (χ0v) is 45.9. The Labute approximate surface area is 453 Å². The Bertz CT molecular complexity index is 2530. The highest BCUT2D eigenvalue weighted by Gasteiger charge is 2.18. The monoisotopic (exact) mass is 1040 g/mol. The Hall–Kier alpha value is -6.19. The third-order valence-corrected chi connectivity index (χ3v) is 13.8. The first-order chi connectivity index (χ1) is 36.6. The van der Waals surface area contributed by atoms with Crippen molar-refractivity contribution >= 4 is 53.5 Å². The maximum atomic E-state index is 13.2. The zero-order valence-electron chi connectivity index (χ0n) is 45.1. The molecule has 0 fully saturated rings. The van der Waals surface area contributed by atoms with E-state index in [4.69, 9.17) is 30.5 Å². The van der Waals surface area contributed by atoms with E-state index < -0.39 is 16.9 Å². The minimum atomic E-state index is -0.577. The second kappa shape index (κ2) is 35.1. The van der Waals surface area contributed by atoms with E-state index in [0.29, 0.717) is 46.2 Å². The smallest absolute Gasteiger partial charge is 0.343 e. The summed E-state index contributed by atoms with van der Waals surface area (Å²) in [6.45, 7) is 7.33. The molecule has 0 saturated carbocycles. The van der Waals surface area contributed by atoms with Crippen molar-refractivity contribution in [2.24, 2.45) is 0 Å². The molecule has 0 N–H and O–H groups in total. The number of nitro groups is 1. The topological polar surface area (TPSA) is 114 Å². The Morgan fingerprint density at radius 3 is 1.20 bits per heavy atom. The molecule has 0 saturated heterocycles. The highest BCUT2D eigenvalue weighted by Crippen LogP contribution is 2.32. The van der Waals surface area contributed by atoms with E-state index in [1.54, 1.807) is 79.7 Å². The fourth-order valence-electron chi connectivity index (χ4n) is 8.87. The number of benzene rings is 5. The molecule has 0 bridgehead atoms. The quantitative estimate of drug-likeness (QED) is 0.00965. The first kappa shape index (κ1) is 59.7. The Balaban J connectivity index is 1.01. The summed E-state index contributed by atoms with van der Waals surface area (Å²) in [5.41, 5.74) is 4.37. The van der Waals surface area contributed by atoms with Gasteiger partial charge in [0.1, 0.15) is 17.2 Å². The van der Waals surface area contributed by atoms with Gasteiger partial charge in [0.05, 0.1) is 34.3 Å². The van der Waals surface area contributed by atoms with Crippen LogP contribution in [0.25, 0.3) is 24.3 Å². The third-order valence-electron chi connectivity index (χ3n) is 13.5. The molecule has 0 radical (unpaired) electrons. The lowest BCUT2D eigenvalue weighted by atomic mass is 10.1. The van der Waals surface area contributed by atoms with Gasteiger partial charge in [0.2, 0.25) is 0 Å². The lowest BCUT2D eigenvalue weighted by Gasteiger charge is -2.12. The number of hydrogen-bond donors (Lipinski definition) is 0. The molecule has 5 rings (SSSR count). The molecule has 10 heteroatoms. The average Bonchev–Trinajstić information content (AvgIpc) is 3.42. The lowest BCUT2D eigenvalue weighted by molar-refractivity contribution is -0.385. The summed E-state index contributed by atoms with van der Waals surface area (Å²) in [5, 5.41) is 12.5. The van der Waals surface area contributed by atoms with Crippen molar-refractivity contribution in [1.29, 1.82) is 0 Å². The number of unbranched alkanes of at least 4 members (excludes halogenated alkanes) is 22. The number of rotatable bonds is 37. The van der Waals surface area contributed by atoms with Crippen LogP contribution >= 0.6 is 11.6 Å². The van der Waals surface area contributed by atoms with Crippen LogP contribution in [-0.2, 0) is 0 Å².